The predicted molar refractivity (Wildman–Crippen MR) is 108 cm³/mol. The fourth-order valence-corrected chi connectivity index (χ4v) is 5.05. The molecule has 7 heteroatoms. The minimum Gasteiger partial charge on any atom is -0.339 e. The van der Waals surface area contributed by atoms with E-state index in [1.165, 1.54) is 17.8 Å². The molecule has 2 aliphatic rings. The van der Waals surface area contributed by atoms with Crippen LogP contribution in [0.1, 0.15) is 53.0 Å². The number of nitrogens with zero attached hydrogens (tertiary/aromatic N) is 4. The van der Waals surface area contributed by atoms with E-state index in [0.29, 0.717) is 23.1 Å². The van der Waals surface area contributed by atoms with E-state index in [1.807, 2.05) is 27.3 Å². The van der Waals surface area contributed by atoms with Crippen molar-refractivity contribution in [1.29, 1.82) is 0 Å². The molecule has 2 aromatic rings. The van der Waals surface area contributed by atoms with E-state index in [-0.39, 0.29) is 11.8 Å². The Hall–Kier alpha value is -2.28. The molecule has 0 bridgehead atoms. The molecule has 148 valence electrons. The van der Waals surface area contributed by atoms with Gasteiger partial charge in [0.2, 0.25) is 0 Å². The number of carbonyl (C=O) groups excluding carboxylic acids is 2. The smallest absolute Gasteiger partial charge is 0.273 e. The Labute approximate surface area is 169 Å². The lowest BCUT2D eigenvalue weighted by Gasteiger charge is -2.35. The number of hydrogen-bond donors (Lipinski definition) is 0. The Morgan fingerprint density at radius 1 is 0.964 bits per heavy atom. The zero-order valence-electron chi connectivity index (χ0n) is 16.0. The van der Waals surface area contributed by atoms with E-state index in [1.54, 1.807) is 17.9 Å². The summed E-state index contributed by atoms with van der Waals surface area (Å²) in [7, 11) is 0. The SMILES string of the molecule is O=C(c1cccnc1)N1CCCC(C2CCN(C(=O)c3cscn3)CC2)CC1. The van der Waals surface area contributed by atoms with Crippen molar-refractivity contribution in [2.75, 3.05) is 26.2 Å². The van der Waals surface area contributed by atoms with Crippen molar-refractivity contribution in [2.45, 2.75) is 32.1 Å². The van der Waals surface area contributed by atoms with Gasteiger partial charge in [-0.2, -0.15) is 0 Å². The number of rotatable bonds is 3. The minimum atomic E-state index is 0.0637. The number of piperidine rings is 1. The van der Waals surface area contributed by atoms with E-state index in [0.717, 1.165) is 51.9 Å². The number of likely N-dealkylation sites (tertiary alicyclic amines) is 2. The molecule has 0 radical (unpaired) electrons. The molecule has 6 nitrogen and oxygen atoms in total. The average molecular weight is 399 g/mol. The van der Waals surface area contributed by atoms with Crippen LogP contribution in [0.25, 0.3) is 0 Å². The van der Waals surface area contributed by atoms with E-state index in [4.69, 9.17) is 0 Å². The number of pyridine rings is 1. The maximum atomic E-state index is 12.7. The van der Waals surface area contributed by atoms with Gasteiger partial charge in [-0.25, -0.2) is 4.98 Å². The molecule has 0 spiro atoms. The van der Waals surface area contributed by atoms with Gasteiger partial charge in [-0.1, -0.05) is 0 Å². The van der Waals surface area contributed by atoms with Crippen LogP contribution in [0, 0.1) is 11.8 Å². The second-order valence-corrected chi connectivity index (χ2v) is 8.45. The lowest BCUT2D eigenvalue weighted by molar-refractivity contribution is 0.0639. The molecule has 0 aromatic carbocycles. The summed E-state index contributed by atoms with van der Waals surface area (Å²) in [5.41, 5.74) is 2.96. The molecule has 1 atom stereocenters. The van der Waals surface area contributed by atoms with Crippen LogP contribution in [0.4, 0.5) is 0 Å². The number of hydrogen-bond acceptors (Lipinski definition) is 5. The van der Waals surface area contributed by atoms with Gasteiger partial charge in [-0.05, 0) is 56.1 Å². The van der Waals surface area contributed by atoms with E-state index in [9.17, 15) is 9.59 Å². The first-order valence-electron chi connectivity index (χ1n) is 10.1. The van der Waals surface area contributed by atoms with Crippen molar-refractivity contribution in [2.24, 2.45) is 11.8 Å². The molecular formula is C21H26N4O2S. The van der Waals surface area contributed by atoms with Gasteiger partial charge in [-0.15, -0.1) is 11.3 Å². The first-order chi connectivity index (χ1) is 13.7. The molecule has 2 aliphatic heterocycles. The van der Waals surface area contributed by atoms with Crippen LogP contribution in [0.3, 0.4) is 0 Å². The normalized spacial score (nSPS) is 21.4. The van der Waals surface area contributed by atoms with Gasteiger partial charge in [0.1, 0.15) is 5.69 Å². The van der Waals surface area contributed by atoms with Gasteiger partial charge < -0.3 is 9.80 Å². The summed E-state index contributed by atoms with van der Waals surface area (Å²) < 4.78 is 0. The quantitative estimate of drug-likeness (QED) is 0.795. The minimum absolute atomic E-state index is 0.0637. The second kappa shape index (κ2) is 8.82. The molecule has 4 rings (SSSR count). The van der Waals surface area contributed by atoms with Crippen LogP contribution < -0.4 is 0 Å². The third-order valence-electron chi connectivity index (χ3n) is 6.11. The highest BCUT2D eigenvalue weighted by Gasteiger charge is 2.31. The van der Waals surface area contributed by atoms with E-state index in [2.05, 4.69) is 9.97 Å². The molecule has 1 unspecified atom stereocenters. The molecule has 0 N–H and O–H groups in total. The maximum Gasteiger partial charge on any atom is 0.273 e. The third kappa shape index (κ3) is 4.24. The van der Waals surface area contributed by atoms with Crippen LogP contribution in [-0.2, 0) is 0 Å². The van der Waals surface area contributed by atoms with Crippen molar-refractivity contribution >= 4 is 23.2 Å². The molecule has 2 amide bonds. The zero-order valence-corrected chi connectivity index (χ0v) is 16.8. The maximum absolute atomic E-state index is 12.7. The molecule has 28 heavy (non-hydrogen) atoms. The molecule has 2 saturated heterocycles. The summed E-state index contributed by atoms with van der Waals surface area (Å²) in [5, 5.41) is 1.83. The third-order valence-corrected chi connectivity index (χ3v) is 6.70. The number of aromatic nitrogens is 2. The fourth-order valence-electron chi connectivity index (χ4n) is 4.52. The summed E-state index contributed by atoms with van der Waals surface area (Å²) in [5.74, 6) is 1.45. The molecule has 2 fully saturated rings. The van der Waals surface area contributed by atoms with Crippen molar-refractivity contribution in [1.82, 2.24) is 19.8 Å². The average Bonchev–Trinajstić information content (AvgIpc) is 3.18. The summed E-state index contributed by atoms with van der Waals surface area (Å²) in [6, 6.07) is 3.65. The van der Waals surface area contributed by atoms with E-state index >= 15 is 0 Å². The largest absolute Gasteiger partial charge is 0.339 e. The highest BCUT2D eigenvalue weighted by molar-refractivity contribution is 7.07. The van der Waals surface area contributed by atoms with Gasteiger partial charge in [-0.3, -0.25) is 14.6 Å². The molecule has 4 heterocycles. The number of amides is 2. The predicted octanol–water partition coefficient (Wildman–Crippen LogP) is 3.33. The van der Waals surface area contributed by atoms with Gasteiger partial charge in [0.15, 0.2) is 0 Å². The Morgan fingerprint density at radius 3 is 2.32 bits per heavy atom. The topological polar surface area (TPSA) is 66.4 Å². The monoisotopic (exact) mass is 398 g/mol. The van der Waals surface area contributed by atoms with Crippen LogP contribution in [0.5, 0.6) is 0 Å². The van der Waals surface area contributed by atoms with Crippen LogP contribution in [0.2, 0.25) is 0 Å². The lowest BCUT2D eigenvalue weighted by Crippen LogP contribution is -2.40. The Morgan fingerprint density at radius 2 is 1.68 bits per heavy atom. The fraction of sp³-hybridized carbons (Fsp3) is 0.524. The lowest BCUT2D eigenvalue weighted by atomic mass is 9.80. The molecule has 0 saturated carbocycles. The van der Waals surface area contributed by atoms with Crippen molar-refractivity contribution in [3.63, 3.8) is 0 Å². The van der Waals surface area contributed by atoms with Gasteiger partial charge in [0.05, 0.1) is 11.1 Å². The number of thiazole rings is 1. The number of carbonyl (C=O) groups is 2. The van der Waals surface area contributed by atoms with Gasteiger partial charge in [0, 0.05) is 44.0 Å². The Kier molecular flexibility index (Phi) is 6.00. The second-order valence-electron chi connectivity index (χ2n) is 7.73. The van der Waals surface area contributed by atoms with Crippen LogP contribution in [0.15, 0.2) is 35.4 Å². The summed E-state index contributed by atoms with van der Waals surface area (Å²) in [6.45, 7) is 3.27. The Balaban J connectivity index is 1.29. The summed E-state index contributed by atoms with van der Waals surface area (Å²) in [6.07, 6.45) is 8.72. The van der Waals surface area contributed by atoms with Crippen molar-refractivity contribution < 1.29 is 9.59 Å². The summed E-state index contributed by atoms with van der Waals surface area (Å²) >= 11 is 1.46. The highest BCUT2D eigenvalue weighted by atomic mass is 32.1. The Bertz CT molecular complexity index is 788. The standard InChI is InChI=1S/C21H26N4O2S/c26-20(18-3-1-8-22-13-18)24-9-2-4-16(5-10-24)17-6-11-25(12-7-17)21(27)19-14-28-15-23-19/h1,3,8,13-17H,2,4-7,9-12H2. The molecule has 0 aliphatic carbocycles. The zero-order chi connectivity index (χ0) is 19.3. The van der Waals surface area contributed by atoms with Crippen LogP contribution in [-0.4, -0.2) is 57.8 Å². The molecular weight excluding hydrogens is 372 g/mol. The first-order valence-corrected chi connectivity index (χ1v) is 11.0. The highest BCUT2D eigenvalue weighted by Crippen LogP contribution is 2.33. The van der Waals surface area contributed by atoms with Crippen molar-refractivity contribution in [3.05, 3.63) is 46.7 Å². The van der Waals surface area contributed by atoms with Gasteiger partial charge >= 0.3 is 0 Å². The van der Waals surface area contributed by atoms with E-state index < -0.39 is 0 Å². The van der Waals surface area contributed by atoms with Crippen LogP contribution >= 0.6 is 11.3 Å². The van der Waals surface area contributed by atoms with Crippen molar-refractivity contribution in [3.8, 4) is 0 Å². The molecule has 2 aromatic heterocycles. The van der Waals surface area contributed by atoms with Gasteiger partial charge in [0.25, 0.3) is 11.8 Å². The summed E-state index contributed by atoms with van der Waals surface area (Å²) in [4.78, 5) is 37.3. The first kappa shape index (κ1) is 19.1.